The highest BCUT2D eigenvalue weighted by molar-refractivity contribution is 8.22. The van der Waals surface area contributed by atoms with Gasteiger partial charge in [-0.25, -0.2) is 9.79 Å². The van der Waals surface area contributed by atoms with Gasteiger partial charge in [0.15, 0.2) is 5.17 Å². The second kappa shape index (κ2) is 10.2. The molecule has 0 aromatic heterocycles. The molecule has 2 aliphatic rings. The number of ether oxygens (including phenoxy) is 1. The molecule has 2 aliphatic heterocycles. The van der Waals surface area contributed by atoms with Crippen molar-refractivity contribution in [3.63, 3.8) is 0 Å². The molecule has 0 fully saturated rings. The van der Waals surface area contributed by atoms with Gasteiger partial charge in [0.25, 0.3) is 0 Å². The number of benzene rings is 2. The first kappa shape index (κ1) is 25.4. The van der Waals surface area contributed by atoms with Crippen LogP contribution in [0.4, 0.5) is 0 Å². The van der Waals surface area contributed by atoms with Gasteiger partial charge >= 0.3 is 5.97 Å². The summed E-state index contributed by atoms with van der Waals surface area (Å²) in [7, 11) is 1.57. The van der Waals surface area contributed by atoms with Crippen molar-refractivity contribution in [1.82, 2.24) is 4.90 Å². The molecule has 0 radical (unpaired) electrons. The van der Waals surface area contributed by atoms with Crippen molar-refractivity contribution in [2.75, 3.05) is 7.11 Å². The Hall–Kier alpha value is -1.83. The number of amidine groups is 1. The van der Waals surface area contributed by atoms with Crippen LogP contribution in [0.3, 0.4) is 0 Å². The lowest BCUT2D eigenvalue weighted by atomic mass is 9.94. The summed E-state index contributed by atoms with van der Waals surface area (Å²) in [6.45, 7) is 1.71. The monoisotopic (exact) mass is 518 g/mol. The molecule has 4 rings (SSSR count). The molecule has 0 spiro atoms. The molecule has 0 bridgehead atoms. The first-order valence-corrected chi connectivity index (χ1v) is 10.3. The van der Waals surface area contributed by atoms with Gasteiger partial charge < -0.3 is 14.7 Å². The lowest BCUT2D eigenvalue weighted by Crippen LogP contribution is -2.33. The van der Waals surface area contributed by atoms with E-state index in [2.05, 4.69) is 4.99 Å². The van der Waals surface area contributed by atoms with Gasteiger partial charge in [-0.15, -0.1) is 24.8 Å². The molecule has 0 amide bonds. The Morgan fingerprint density at radius 3 is 2.39 bits per heavy atom. The maximum absolute atomic E-state index is 12.1. The standard InChI is InChI=1S/C21H16Cl2N2O3S.2ClH/c1-11-17(20(26)27)19(12-6-3-4-9-15(12)28-2)25-10-16(29-21(25)24-11)18-13(22)7-5-8-14(18)23;;/h3-10,19H,1-2H3,(H,26,27);2*1H/t19-;;/m0../s1. The first-order chi connectivity index (χ1) is 13.9. The second-order valence-corrected chi connectivity index (χ2v) is 8.27. The normalized spacial score (nSPS) is 17.2. The number of rotatable bonds is 4. The van der Waals surface area contributed by atoms with Crippen LogP contribution >= 0.6 is 59.8 Å². The van der Waals surface area contributed by atoms with Crippen molar-refractivity contribution < 1.29 is 14.6 Å². The summed E-state index contributed by atoms with van der Waals surface area (Å²) in [5.41, 5.74) is 2.09. The number of carboxylic acid groups (broad SMARTS) is 1. The minimum absolute atomic E-state index is 0. The number of fused-ring (bicyclic) bond motifs is 1. The van der Waals surface area contributed by atoms with Crippen LogP contribution in [-0.4, -0.2) is 28.3 Å². The van der Waals surface area contributed by atoms with E-state index in [1.54, 1.807) is 32.2 Å². The number of carboxylic acids is 1. The van der Waals surface area contributed by atoms with Gasteiger partial charge in [-0.1, -0.05) is 47.5 Å². The fraction of sp³-hybridized carbons (Fsp3) is 0.143. The molecule has 164 valence electrons. The Kier molecular flexibility index (Phi) is 8.36. The quantitative estimate of drug-likeness (QED) is 0.489. The summed E-state index contributed by atoms with van der Waals surface area (Å²) in [5.74, 6) is -0.420. The van der Waals surface area contributed by atoms with Crippen LogP contribution in [0, 0.1) is 0 Å². The van der Waals surface area contributed by atoms with Gasteiger partial charge in [-0.3, -0.25) is 0 Å². The third kappa shape index (κ3) is 4.54. The van der Waals surface area contributed by atoms with Crippen molar-refractivity contribution in [2.24, 2.45) is 4.99 Å². The molecule has 10 heteroatoms. The van der Waals surface area contributed by atoms with E-state index >= 15 is 0 Å². The Morgan fingerprint density at radius 2 is 1.77 bits per heavy atom. The number of hydrogen-bond donors (Lipinski definition) is 1. The molecule has 5 nitrogen and oxygen atoms in total. The number of thioether (sulfide) groups is 1. The van der Waals surface area contributed by atoms with Crippen LogP contribution < -0.4 is 4.74 Å². The molecule has 31 heavy (non-hydrogen) atoms. The van der Waals surface area contributed by atoms with Crippen LogP contribution in [0.25, 0.3) is 4.91 Å². The second-order valence-electron chi connectivity index (χ2n) is 6.44. The molecule has 1 atom stereocenters. The van der Waals surface area contributed by atoms with Crippen LogP contribution in [-0.2, 0) is 4.79 Å². The zero-order valence-corrected chi connectivity index (χ0v) is 20.3. The fourth-order valence-electron chi connectivity index (χ4n) is 3.48. The third-order valence-electron chi connectivity index (χ3n) is 4.76. The average Bonchev–Trinajstić information content (AvgIpc) is 3.09. The van der Waals surface area contributed by atoms with Crippen molar-refractivity contribution in [3.05, 3.63) is 81.1 Å². The molecule has 2 aromatic carbocycles. The number of nitrogens with zero attached hydrogens (tertiary/aromatic N) is 2. The van der Waals surface area contributed by atoms with Crippen LogP contribution in [0.1, 0.15) is 24.1 Å². The van der Waals surface area contributed by atoms with Gasteiger partial charge in [-0.2, -0.15) is 0 Å². The van der Waals surface area contributed by atoms with Crippen molar-refractivity contribution in [1.29, 1.82) is 0 Å². The first-order valence-electron chi connectivity index (χ1n) is 8.70. The van der Waals surface area contributed by atoms with E-state index in [0.717, 1.165) is 10.5 Å². The van der Waals surface area contributed by atoms with Crippen LogP contribution in [0.15, 0.2) is 64.9 Å². The van der Waals surface area contributed by atoms with Gasteiger partial charge in [0, 0.05) is 22.2 Å². The Labute approximate surface area is 206 Å². The highest BCUT2D eigenvalue weighted by atomic mass is 35.5. The van der Waals surface area contributed by atoms with E-state index in [0.29, 0.717) is 32.2 Å². The van der Waals surface area contributed by atoms with Gasteiger partial charge in [0.05, 0.1) is 34.5 Å². The molecular formula is C21H18Cl4N2O3S. The van der Waals surface area contributed by atoms with E-state index in [9.17, 15) is 9.90 Å². The molecule has 1 N–H and O–H groups in total. The Bertz CT molecular complexity index is 1100. The lowest BCUT2D eigenvalue weighted by molar-refractivity contribution is -0.133. The number of aliphatic imine (C=N–C) groups is 1. The highest BCUT2D eigenvalue weighted by Gasteiger charge is 2.40. The third-order valence-corrected chi connectivity index (χ3v) is 6.40. The number of hydrogen-bond acceptors (Lipinski definition) is 5. The summed E-state index contributed by atoms with van der Waals surface area (Å²) in [6, 6.07) is 12.1. The molecule has 0 aliphatic carbocycles. The van der Waals surface area contributed by atoms with E-state index in [1.807, 2.05) is 35.4 Å². The number of aliphatic carboxylic acids is 1. The van der Waals surface area contributed by atoms with Gasteiger partial charge in [0.1, 0.15) is 5.75 Å². The van der Waals surface area contributed by atoms with Crippen molar-refractivity contribution in [3.8, 4) is 5.75 Å². The molecule has 2 heterocycles. The van der Waals surface area contributed by atoms with Crippen LogP contribution in [0.2, 0.25) is 10.0 Å². The summed E-state index contributed by atoms with van der Waals surface area (Å²) in [4.78, 5) is 19.3. The topological polar surface area (TPSA) is 62.1 Å². The smallest absolute Gasteiger partial charge is 0.335 e. The Balaban J connectivity index is 0.00000171. The van der Waals surface area contributed by atoms with Gasteiger partial charge in [-0.05, 0) is 36.9 Å². The minimum Gasteiger partial charge on any atom is -0.496 e. The number of carbonyl (C=O) groups is 1. The summed E-state index contributed by atoms with van der Waals surface area (Å²) in [5, 5.41) is 11.6. The Morgan fingerprint density at radius 1 is 1.13 bits per heavy atom. The van der Waals surface area contributed by atoms with E-state index < -0.39 is 12.0 Å². The highest BCUT2D eigenvalue weighted by Crippen LogP contribution is 2.49. The molecule has 0 unspecified atom stereocenters. The van der Waals surface area contributed by atoms with Crippen LogP contribution in [0.5, 0.6) is 5.75 Å². The lowest BCUT2D eigenvalue weighted by Gasteiger charge is -2.33. The predicted octanol–water partition coefficient (Wildman–Crippen LogP) is 6.66. The molecule has 0 saturated heterocycles. The minimum atomic E-state index is -1.02. The SMILES string of the molecule is COc1ccccc1[C@H]1C(C(=O)O)=C(C)N=C2SC(c3c(Cl)cccc3Cl)=CN21.Cl.Cl. The number of methoxy groups -OCH3 is 1. The largest absolute Gasteiger partial charge is 0.496 e. The maximum Gasteiger partial charge on any atom is 0.335 e. The van der Waals surface area contributed by atoms with E-state index in [4.69, 9.17) is 27.9 Å². The predicted molar refractivity (Wildman–Crippen MR) is 132 cm³/mol. The zero-order chi connectivity index (χ0) is 20.7. The summed E-state index contributed by atoms with van der Waals surface area (Å²) >= 11 is 14.2. The molecule has 2 aromatic rings. The van der Waals surface area contributed by atoms with E-state index in [-0.39, 0.29) is 30.4 Å². The molecular weight excluding hydrogens is 502 g/mol. The summed E-state index contributed by atoms with van der Waals surface area (Å²) in [6.07, 6.45) is 1.85. The van der Waals surface area contributed by atoms with Gasteiger partial charge in [0.2, 0.25) is 0 Å². The number of allylic oxidation sites excluding steroid dienone is 1. The van der Waals surface area contributed by atoms with Crippen molar-refractivity contribution >= 4 is 75.8 Å². The van der Waals surface area contributed by atoms with Crippen molar-refractivity contribution in [2.45, 2.75) is 13.0 Å². The fourth-order valence-corrected chi connectivity index (χ4v) is 5.33. The maximum atomic E-state index is 12.1. The zero-order valence-electron chi connectivity index (χ0n) is 16.3. The number of para-hydroxylation sites is 1. The molecule has 0 saturated carbocycles. The summed E-state index contributed by atoms with van der Waals surface area (Å²) < 4.78 is 5.51. The van der Waals surface area contributed by atoms with E-state index in [1.165, 1.54) is 11.8 Å². The average molecular weight is 520 g/mol. The number of halogens is 4.